The van der Waals surface area contributed by atoms with Gasteiger partial charge in [0.15, 0.2) is 0 Å². The van der Waals surface area contributed by atoms with E-state index >= 15 is 0 Å². The highest BCUT2D eigenvalue weighted by atomic mass is 16.3. The van der Waals surface area contributed by atoms with E-state index in [4.69, 9.17) is 0 Å². The number of fused-ring (bicyclic) bond motifs is 1. The first-order valence-corrected chi connectivity index (χ1v) is 11.2. The predicted molar refractivity (Wildman–Crippen MR) is 120 cm³/mol. The fraction of sp³-hybridized carbons (Fsp3) is 0.520. The molecule has 1 N–H and O–H groups in total. The molecule has 0 fully saturated rings. The van der Waals surface area contributed by atoms with Gasteiger partial charge in [-0.25, -0.2) is 0 Å². The van der Waals surface area contributed by atoms with Gasteiger partial charge in [-0.05, 0) is 55.5 Å². The number of aromatic hydroxyl groups is 1. The van der Waals surface area contributed by atoms with Crippen molar-refractivity contribution in [3.8, 4) is 5.75 Å². The molecule has 0 aliphatic rings. The molecule has 29 heavy (non-hydrogen) atoms. The SMILES string of the molecule is CCCCCCC(CCCC(C)n1nc2ccccc2n1)Cc1ccc(O)cc1. The Bertz CT molecular complexity index is 823. The monoisotopic (exact) mass is 393 g/mol. The molecular formula is C25H35N3O. The molecule has 3 rings (SSSR count). The summed E-state index contributed by atoms with van der Waals surface area (Å²) in [7, 11) is 0. The van der Waals surface area contributed by atoms with Crippen LogP contribution in [0.1, 0.15) is 76.8 Å². The molecule has 4 nitrogen and oxygen atoms in total. The molecule has 0 aliphatic heterocycles. The maximum absolute atomic E-state index is 9.54. The Hall–Kier alpha value is -2.36. The summed E-state index contributed by atoms with van der Waals surface area (Å²) < 4.78 is 0. The van der Waals surface area contributed by atoms with Crippen LogP contribution < -0.4 is 0 Å². The van der Waals surface area contributed by atoms with E-state index < -0.39 is 0 Å². The zero-order valence-corrected chi connectivity index (χ0v) is 17.9. The highest BCUT2D eigenvalue weighted by Gasteiger charge is 2.13. The lowest BCUT2D eigenvalue weighted by Gasteiger charge is -2.18. The van der Waals surface area contributed by atoms with Gasteiger partial charge in [0, 0.05) is 0 Å². The second-order valence-corrected chi connectivity index (χ2v) is 8.37. The van der Waals surface area contributed by atoms with Crippen LogP contribution in [0.3, 0.4) is 0 Å². The van der Waals surface area contributed by atoms with Crippen molar-refractivity contribution >= 4 is 11.0 Å². The molecule has 156 valence electrons. The van der Waals surface area contributed by atoms with Crippen molar-refractivity contribution in [2.24, 2.45) is 5.92 Å². The third-order valence-electron chi connectivity index (χ3n) is 5.86. The second kappa shape index (κ2) is 11.0. The van der Waals surface area contributed by atoms with Crippen LogP contribution in [-0.2, 0) is 6.42 Å². The second-order valence-electron chi connectivity index (χ2n) is 8.37. The highest BCUT2D eigenvalue weighted by molar-refractivity contribution is 5.72. The standard InChI is InChI=1S/C25H35N3O/c1-3-4-5-6-11-21(19-22-15-17-23(29)18-16-22)12-9-10-20(2)28-26-24-13-7-8-14-25(24)27-28/h7-8,13-18,20-21,29H,3-6,9-12,19H2,1-2H3. The lowest BCUT2D eigenvalue weighted by atomic mass is 9.88. The van der Waals surface area contributed by atoms with Crippen LogP contribution in [0.25, 0.3) is 11.0 Å². The fourth-order valence-corrected chi connectivity index (χ4v) is 4.06. The van der Waals surface area contributed by atoms with Gasteiger partial charge in [0.1, 0.15) is 16.8 Å². The van der Waals surface area contributed by atoms with Crippen molar-refractivity contribution < 1.29 is 5.11 Å². The number of phenols is 1. The van der Waals surface area contributed by atoms with Gasteiger partial charge >= 0.3 is 0 Å². The molecule has 2 unspecified atom stereocenters. The van der Waals surface area contributed by atoms with Crippen LogP contribution in [0.15, 0.2) is 48.5 Å². The Morgan fingerprint density at radius 3 is 2.14 bits per heavy atom. The third kappa shape index (κ3) is 6.59. The molecule has 4 heteroatoms. The first-order chi connectivity index (χ1) is 14.2. The van der Waals surface area contributed by atoms with Crippen molar-refractivity contribution in [2.75, 3.05) is 0 Å². The molecule has 0 bridgehead atoms. The lowest BCUT2D eigenvalue weighted by Crippen LogP contribution is -2.11. The number of hydrogen-bond acceptors (Lipinski definition) is 3. The van der Waals surface area contributed by atoms with E-state index in [9.17, 15) is 5.11 Å². The normalized spacial score (nSPS) is 13.6. The molecule has 1 aromatic heterocycles. The zero-order chi connectivity index (χ0) is 20.5. The van der Waals surface area contributed by atoms with E-state index in [0.29, 0.717) is 17.7 Å². The van der Waals surface area contributed by atoms with Crippen LogP contribution >= 0.6 is 0 Å². The van der Waals surface area contributed by atoms with Crippen LogP contribution in [0.2, 0.25) is 0 Å². The third-order valence-corrected chi connectivity index (χ3v) is 5.86. The Morgan fingerprint density at radius 2 is 1.48 bits per heavy atom. The van der Waals surface area contributed by atoms with Crippen LogP contribution in [-0.4, -0.2) is 20.1 Å². The number of phenolic OH excluding ortho intramolecular Hbond substituents is 1. The molecule has 0 spiro atoms. The molecule has 2 atom stereocenters. The first-order valence-electron chi connectivity index (χ1n) is 11.2. The zero-order valence-electron chi connectivity index (χ0n) is 17.9. The van der Waals surface area contributed by atoms with Gasteiger partial charge in [0.05, 0.1) is 6.04 Å². The summed E-state index contributed by atoms with van der Waals surface area (Å²) in [6, 6.07) is 16.1. The van der Waals surface area contributed by atoms with E-state index in [1.165, 1.54) is 50.5 Å². The number of unbranched alkanes of at least 4 members (excludes halogenated alkanes) is 3. The molecule has 0 saturated heterocycles. The maximum atomic E-state index is 9.54. The molecule has 0 aliphatic carbocycles. The van der Waals surface area contributed by atoms with E-state index in [2.05, 4.69) is 36.2 Å². The quantitative estimate of drug-likeness (QED) is 0.348. The van der Waals surface area contributed by atoms with Gasteiger partial charge in [0.2, 0.25) is 0 Å². The Kier molecular flexibility index (Phi) is 8.09. The summed E-state index contributed by atoms with van der Waals surface area (Å²) in [4.78, 5) is 1.89. The summed E-state index contributed by atoms with van der Waals surface area (Å²) in [5.41, 5.74) is 3.28. The number of rotatable bonds is 12. The first kappa shape index (κ1) is 21.4. The Morgan fingerprint density at radius 1 is 0.828 bits per heavy atom. The number of benzene rings is 2. The van der Waals surface area contributed by atoms with Gasteiger partial charge < -0.3 is 5.11 Å². The van der Waals surface area contributed by atoms with Crippen molar-refractivity contribution in [3.63, 3.8) is 0 Å². The van der Waals surface area contributed by atoms with E-state index in [0.717, 1.165) is 23.9 Å². The van der Waals surface area contributed by atoms with Gasteiger partial charge in [-0.15, -0.1) is 0 Å². The molecule has 0 amide bonds. The van der Waals surface area contributed by atoms with Gasteiger partial charge in [-0.3, -0.25) is 0 Å². The highest BCUT2D eigenvalue weighted by Crippen LogP contribution is 2.25. The topological polar surface area (TPSA) is 50.9 Å². The Balaban J connectivity index is 1.52. The summed E-state index contributed by atoms with van der Waals surface area (Å²) in [5.74, 6) is 1.05. The summed E-state index contributed by atoms with van der Waals surface area (Å²) in [5, 5.41) is 18.8. The lowest BCUT2D eigenvalue weighted by molar-refractivity contribution is 0.357. The number of hydrogen-bond donors (Lipinski definition) is 1. The van der Waals surface area contributed by atoms with Crippen LogP contribution in [0.5, 0.6) is 5.75 Å². The largest absolute Gasteiger partial charge is 0.508 e. The van der Waals surface area contributed by atoms with Crippen LogP contribution in [0, 0.1) is 5.92 Å². The summed E-state index contributed by atoms with van der Waals surface area (Å²) in [6.07, 6.45) is 11.2. The van der Waals surface area contributed by atoms with E-state index in [-0.39, 0.29) is 0 Å². The minimum absolute atomic E-state index is 0.316. The summed E-state index contributed by atoms with van der Waals surface area (Å²) in [6.45, 7) is 4.48. The fourth-order valence-electron chi connectivity index (χ4n) is 4.06. The minimum atomic E-state index is 0.316. The summed E-state index contributed by atoms with van der Waals surface area (Å²) >= 11 is 0. The molecule has 2 aromatic carbocycles. The smallest absolute Gasteiger partial charge is 0.115 e. The van der Waals surface area contributed by atoms with E-state index in [1.54, 1.807) is 12.1 Å². The van der Waals surface area contributed by atoms with Crippen LogP contribution in [0.4, 0.5) is 0 Å². The maximum Gasteiger partial charge on any atom is 0.115 e. The number of aromatic nitrogens is 3. The van der Waals surface area contributed by atoms with Gasteiger partial charge in [-0.2, -0.15) is 15.0 Å². The molecular weight excluding hydrogens is 358 g/mol. The van der Waals surface area contributed by atoms with E-state index in [1.807, 2.05) is 29.1 Å². The molecule has 0 radical (unpaired) electrons. The average Bonchev–Trinajstić information content (AvgIpc) is 3.17. The van der Waals surface area contributed by atoms with Crippen molar-refractivity contribution in [2.45, 2.75) is 77.7 Å². The molecule has 0 saturated carbocycles. The van der Waals surface area contributed by atoms with Gasteiger partial charge in [-0.1, -0.05) is 76.1 Å². The average molecular weight is 394 g/mol. The van der Waals surface area contributed by atoms with Crippen molar-refractivity contribution in [1.82, 2.24) is 15.0 Å². The van der Waals surface area contributed by atoms with Crippen molar-refractivity contribution in [3.05, 3.63) is 54.1 Å². The van der Waals surface area contributed by atoms with Gasteiger partial charge in [0.25, 0.3) is 0 Å². The molecule has 3 aromatic rings. The minimum Gasteiger partial charge on any atom is -0.508 e. The van der Waals surface area contributed by atoms with Crippen molar-refractivity contribution in [1.29, 1.82) is 0 Å². The molecule has 1 heterocycles. The predicted octanol–water partition coefficient (Wildman–Crippen LogP) is 6.70. The Labute approximate surface area is 175 Å². The number of nitrogens with zero attached hydrogens (tertiary/aromatic N) is 3.